The Morgan fingerprint density at radius 3 is 2.81 bits per heavy atom. The molecule has 1 amide bonds. The highest BCUT2D eigenvalue weighted by Crippen LogP contribution is 2.30. The van der Waals surface area contributed by atoms with Gasteiger partial charge < -0.3 is 10.2 Å². The van der Waals surface area contributed by atoms with E-state index in [1.807, 2.05) is 24.4 Å². The molecule has 0 spiro atoms. The number of nitrogens with one attached hydrogen (secondary N) is 1. The molecular weight excluding hydrogens is 425 g/mol. The summed E-state index contributed by atoms with van der Waals surface area (Å²) in [6, 6.07) is 14.4. The van der Waals surface area contributed by atoms with Gasteiger partial charge in [-0.2, -0.15) is 0 Å². The van der Waals surface area contributed by atoms with Crippen molar-refractivity contribution >= 4 is 27.3 Å². The first-order chi connectivity index (χ1) is 15.6. The zero-order chi connectivity index (χ0) is 22.1. The number of carbonyl (C=O) groups excluding carboxylic acids is 1. The number of fused-ring (bicyclic) bond motifs is 1. The van der Waals surface area contributed by atoms with Crippen molar-refractivity contribution in [2.45, 2.75) is 26.3 Å². The largest absolute Gasteiger partial charge is 0.352 e. The first-order valence-electron chi connectivity index (χ1n) is 10.8. The van der Waals surface area contributed by atoms with Gasteiger partial charge in [-0.3, -0.25) is 4.79 Å². The molecule has 1 N–H and O–H groups in total. The van der Waals surface area contributed by atoms with Crippen LogP contribution < -0.4 is 10.2 Å². The number of anilines is 1. The predicted molar refractivity (Wildman–Crippen MR) is 124 cm³/mol. The summed E-state index contributed by atoms with van der Waals surface area (Å²) in [5.74, 6) is -0.227. The average molecular weight is 450 g/mol. The summed E-state index contributed by atoms with van der Waals surface area (Å²) in [7, 11) is 0. The molecule has 6 nitrogen and oxygen atoms in total. The smallest absolute Gasteiger partial charge is 0.225 e. The third-order valence-electron chi connectivity index (χ3n) is 5.95. The maximum absolute atomic E-state index is 13.2. The summed E-state index contributed by atoms with van der Waals surface area (Å²) in [5, 5.41) is 8.67. The minimum atomic E-state index is -0.266. The lowest BCUT2D eigenvalue weighted by molar-refractivity contribution is -0.125. The Hall–Kier alpha value is -3.26. The van der Waals surface area contributed by atoms with Crippen molar-refractivity contribution in [2.75, 3.05) is 18.0 Å². The molecule has 0 radical (unpaired) electrons. The molecule has 1 fully saturated rings. The van der Waals surface area contributed by atoms with Crippen molar-refractivity contribution in [3.63, 3.8) is 0 Å². The number of amides is 1. The molecule has 4 aromatic rings. The van der Waals surface area contributed by atoms with Gasteiger partial charge in [-0.25, -0.2) is 13.9 Å². The summed E-state index contributed by atoms with van der Waals surface area (Å²) >= 11 is 1.51. The van der Waals surface area contributed by atoms with Gasteiger partial charge in [0.1, 0.15) is 5.82 Å². The summed E-state index contributed by atoms with van der Waals surface area (Å²) < 4.78 is 14.9. The van der Waals surface area contributed by atoms with E-state index in [1.54, 1.807) is 16.6 Å². The van der Waals surface area contributed by atoms with Crippen LogP contribution in [0.3, 0.4) is 0 Å². The summed E-state index contributed by atoms with van der Waals surface area (Å²) in [5.41, 5.74) is 3.95. The number of aromatic nitrogens is 3. The molecule has 1 aliphatic heterocycles. The SMILES string of the molecule is Cc1ccccc1CNC(=O)[C@@H]1CCCN(c2nn3cc(-c4ccc(F)cc4)nc3s2)C1. The molecule has 164 valence electrons. The van der Waals surface area contributed by atoms with Crippen molar-refractivity contribution in [2.24, 2.45) is 5.92 Å². The van der Waals surface area contributed by atoms with E-state index >= 15 is 0 Å². The number of imidazole rings is 1. The molecule has 0 aliphatic carbocycles. The van der Waals surface area contributed by atoms with Gasteiger partial charge in [0.15, 0.2) is 0 Å². The van der Waals surface area contributed by atoms with Crippen LogP contribution in [0.25, 0.3) is 16.2 Å². The van der Waals surface area contributed by atoms with Crippen LogP contribution in [0.4, 0.5) is 9.52 Å². The van der Waals surface area contributed by atoms with Gasteiger partial charge >= 0.3 is 0 Å². The molecule has 1 aliphatic rings. The first kappa shape index (κ1) is 20.6. The average Bonchev–Trinajstić information content (AvgIpc) is 3.39. The quantitative estimate of drug-likeness (QED) is 0.489. The molecule has 0 saturated carbocycles. The van der Waals surface area contributed by atoms with Crippen LogP contribution in [-0.2, 0) is 11.3 Å². The van der Waals surface area contributed by atoms with Crippen molar-refractivity contribution in [1.29, 1.82) is 0 Å². The molecule has 8 heteroatoms. The Labute approximate surface area is 189 Å². The van der Waals surface area contributed by atoms with Crippen LogP contribution in [0.2, 0.25) is 0 Å². The Bertz CT molecular complexity index is 1220. The van der Waals surface area contributed by atoms with E-state index in [9.17, 15) is 9.18 Å². The Morgan fingerprint density at radius 2 is 2.03 bits per heavy atom. The van der Waals surface area contributed by atoms with Crippen LogP contribution in [-0.4, -0.2) is 33.6 Å². The lowest BCUT2D eigenvalue weighted by Gasteiger charge is -2.31. The maximum atomic E-state index is 13.2. The fourth-order valence-electron chi connectivity index (χ4n) is 4.08. The third-order valence-corrected chi connectivity index (χ3v) is 6.93. The first-order valence-corrected chi connectivity index (χ1v) is 11.6. The number of halogens is 1. The number of hydrogen-bond donors (Lipinski definition) is 1. The lowest BCUT2D eigenvalue weighted by Crippen LogP contribution is -2.43. The molecule has 3 heterocycles. The topological polar surface area (TPSA) is 62.5 Å². The number of hydrogen-bond acceptors (Lipinski definition) is 5. The highest BCUT2D eigenvalue weighted by atomic mass is 32.1. The molecule has 0 unspecified atom stereocenters. The van der Waals surface area contributed by atoms with E-state index in [-0.39, 0.29) is 17.6 Å². The maximum Gasteiger partial charge on any atom is 0.225 e. The molecule has 1 atom stereocenters. The lowest BCUT2D eigenvalue weighted by atomic mass is 9.97. The van der Waals surface area contributed by atoms with Crippen molar-refractivity contribution in [3.05, 3.63) is 71.7 Å². The van der Waals surface area contributed by atoms with Crippen LogP contribution >= 0.6 is 11.3 Å². The molecular formula is C24H24FN5OS. The predicted octanol–water partition coefficient (Wildman–Crippen LogP) is 4.44. The number of carbonyl (C=O) groups is 1. The van der Waals surface area contributed by atoms with Crippen molar-refractivity contribution in [3.8, 4) is 11.3 Å². The van der Waals surface area contributed by atoms with Gasteiger partial charge in [-0.1, -0.05) is 35.6 Å². The number of aryl methyl sites for hydroxylation is 1. The van der Waals surface area contributed by atoms with Crippen molar-refractivity contribution in [1.82, 2.24) is 19.9 Å². The minimum absolute atomic E-state index is 0.0567. The van der Waals surface area contributed by atoms with Gasteiger partial charge in [0.2, 0.25) is 16.0 Å². The number of piperidine rings is 1. The van der Waals surface area contributed by atoms with Crippen LogP contribution in [0.15, 0.2) is 54.7 Å². The van der Waals surface area contributed by atoms with Gasteiger partial charge in [-0.15, -0.1) is 5.10 Å². The minimum Gasteiger partial charge on any atom is -0.352 e. The summed E-state index contributed by atoms with van der Waals surface area (Å²) in [4.78, 5) is 20.4. The second-order valence-electron chi connectivity index (χ2n) is 8.17. The van der Waals surface area contributed by atoms with E-state index in [0.717, 1.165) is 46.3 Å². The molecule has 5 rings (SSSR count). The zero-order valence-corrected chi connectivity index (χ0v) is 18.6. The van der Waals surface area contributed by atoms with Gasteiger partial charge in [0.25, 0.3) is 0 Å². The number of rotatable bonds is 5. The van der Waals surface area contributed by atoms with Gasteiger partial charge in [0.05, 0.1) is 17.8 Å². The van der Waals surface area contributed by atoms with E-state index in [4.69, 9.17) is 5.10 Å². The van der Waals surface area contributed by atoms with Gasteiger partial charge in [-0.05, 0) is 55.2 Å². The molecule has 2 aromatic carbocycles. The monoisotopic (exact) mass is 449 g/mol. The third kappa shape index (κ3) is 4.23. The molecule has 1 saturated heterocycles. The highest BCUT2D eigenvalue weighted by molar-refractivity contribution is 7.20. The second-order valence-corrected chi connectivity index (χ2v) is 9.11. The van der Waals surface area contributed by atoms with Crippen molar-refractivity contribution < 1.29 is 9.18 Å². The van der Waals surface area contributed by atoms with Crippen LogP contribution in [0.1, 0.15) is 24.0 Å². The van der Waals surface area contributed by atoms with E-state index in [1.165, 1.54) is 29.0 Å². The fraction of sp³-hybridized carbons (Fsp3) is 0.292. The van der Waals surface area contributed by atoms with Crippen LogP contribution in [0, 0.1) is 18.7 Å². The van der Waals surface area contributed by atoms with E-state index in [0.29, 0.717) is 13.1 Å². The molecule has 0 bridgehead atoms. The fourth-order valence-corrected chi connectivity index (χ4v) is 5.00. The van der Waals surface area contributed by atoms with E-state index < -0.39 is 0 Å². The Balaban J connectivity index is 1.25. The summed E-state index contributed by atoms with van der Waals surface area (Å²) in [6.07, 6.45) is 3.69. The standard InChI is InChI=1S/C24H24FN5OS/c1-16-5-2-3-6-18(16)13-26-22(31)19-7-4-12-29(14-19)24-28-30-15-21(27-23(30)32-24)17-8-10-20(25)11-9-17/h2-3,5-6,8-11,15,19H,4,7,12-14H2,1H3,(H,26,31)/t19-/m1/s1. The number of benzene rings is 2. The Kier molecular flexibility index (Phi) is 5.61. The highest BCUT2D eigenvalue weighted by Gasteiger charge is 2.28. The van der Waals surface area contributed by atoms with Gasteiger partial charge in [0, 0.05) is 25.2 Å². The molecule has 32 heavy (non-hydrogen) atoms. The zero-order valence-electron chi connectivity index (χ0n) is 17.8. The van der Waals surface area contributed by atoms with E-state index in [2.05, 4.69) is 28.2 Å². The Morgan fingerprint density at radius 1 is 1.22 bits per heavy atom. The molecule has 2 aromatic heterocycles. The second kappa shape index (κ2) is 8.70. The summed E-state index contributed by atoms with van der Waals surface area (Å²) in [6.45, 7) is 4.15. The normalized spacial score (nSPS) is 16.4. The number of nitrogens with zero attached hydrogens (tertiary/aromatic N) is 4. The van der Waals surface area contributed by atoms with Crippen LogP contribution in [0.5, 0.6) is 0 Å².